The molecule has 0 saturated carbocycles. The molecule has 2 aliphatic carbocycles. The molecular formula is C50H38O3. The number of rotatable bonds is 8. The van der Waals surface area contributed by atoms with Gasteiger partial charge < -0.3 is 14.9 Å². The molecule has 3 heteroatoms. The minimum Gasteiger partial charge on any atom is -0.508 e. The summed E-state index contributed by atoms with van der Waals surface area (Å²) in [6.45, 7) is 1.15. The van der Waals surface area contributed by atoms with Crippen molar-refractivity contribution in [2.75, 3.05) is 13.2 Å². The van der Waals surface area contributed by atoms with Gasteiger partial charge in [-0.05, 0) is 126 Å². The lowest BCUT2D eigenvalue weighted by Gasteiger charge is -2.35. The minimum atomic E-state index is -0.395. The maximum atomic E-state index is 10.2. The van der Waals surface area contributed by atoms with E-state index in [1.807, 2.05) is 24.3 Å². The molecule has 0 aliphatic heterocycles. The first-order valence-electron chi connectivity index (χ1n) is 18.5. The largest absolute Gasteiger partial charge is 0.508 e. The topological polar surface area (TPSA) is 49.7 Å². The second-order valence-corrected chi connectivity index (χ2v) is 14.6. The molecule has 256 valence electrons. The van der Waals surface area contributed by atoms with Crippen LogP contribution in [0.3, 0.4) is 0 Å². The Labute approximate surface area is 309 Å². The molecular weight excluding hydrogens is 649 g/mol. The van der Waals surface area contributed by atoms with Crippen LogP contribution in [0, 0.1) is 0 Å². The van der Waals surface area contributed by atoms with Gasteiger partial charge in [0.25, 0.3) is 0 Å². The first-order chi connectivity index (χ1) is 26.1. The normalized spacial score (nSPS) is 14.5. The third kappa shape index (κ3) is 4.77. The van der Waals surface area contributed by atoms with Crippen molar-refractivity contribution in [3.8, 4) is 33.8 Å². The van der Waals surface area contributed by atoms with Crippen LogP contribution in [0.4, 0.5) is 0 Å². The maximum absolute atomic E-state index is 10.2. The Morgan fingerprint density at radius 2 is 0.679 bits per heavy atom. The average Bonchev–Trinajstić information content (AvgIpc) is 3.66. The van der Waals surface area contributed by atoms with Crippen LogP contribution < -0.4 is 0 Å². The quantitative estimate of drug-likeness (QED) is 0.156. The van der Waals surface area contributed by atoms with Gasteiger partial charge in [0.05, 0.1) is 0 Å². The van der Waals surface area contributed by atoms with E-state index in [0.29, 0.717) is 13.2 Å². The summed E-state index contributed by atoms with van der Waals surface area (Å²) in [5.41, 5.74) is 12.0. The molecule has 2 aliphatic rings. The van der Waals surface area contributed by atoms with E-state index in [4.69, 9.17) is 4.74 Å². The highest BCUT2D eigenvalue weighted by atomic mass is 16.5. The van der Waals surface area contributed by atoms with Gasteiger partial charge in [0.2, 0.25) is 0 Å². The van der Waals surface area contributed by atoms with E-state index in [1.165, 1.54) is 55.6 Å². The van der Waals surface area contributed by atoms with Crippen LogP contribution in [0.25, 0.3) is 43.8 Å². The Bertz CT molecular complexity index is 2430. The molecule has 3 nitrogen and oxygen atoms in total. The molecule has 0 atom stereocenters. The molecule has 0 radical (unpaired) electrons. The number of hydrogen-bond donors (Lipinski definition) is 2. The number of phenols is 2. The van der Waals surface area contributed by atoms with Gasteiger partial charge in [0.1, 0.15) is 11.5 Å². The van der Waals surface area contributed by atoms with Crippen molar-refractivity contribution in [1.82, 2.24) is 0 Å². The SMILES string of the molecule is Oc1ccc2cc(C3(CCOCCC4(c5ccc6cc(O)ccc6c5)c5ccccc5-c5ccccc54)c4ccccc4-c4ccccc43)ccc2c1. The van der Waals surface area contributed by atoms with Crippen LogP contribution in [0.1, 0.15) is 46.2 Å². The van der Waals surface area contributed by atoms with Crippen molar-refractivity contribution in [2.24, 2.45) is 0 Å². The smallest absolute Gasteiger partial charge is 0.116 e. The Balaban J connectivity index is 1.03. The molecule has 0 bridgehead atoms. The second kappa shape index (κ2) is 12.2. The molecule has 0 unspecified atom stereocenters. The van der Waals surface area contributed by atoms with E-state index in [-0.39, 0.29) is 11.5 Å². The van der Waals surface area contributed by atoms with Crippen LogP contribution in [0.2, 0.25) is 0 Å². The van der Waals surface area contributed by atoms with Gasteiger partial charge in [0.15, 0.2) is 0 Å². The first kappa shape index (κ1) is 31.6. The minimum absolute atomic E-state index is 0.276. The number of hydrogen-bond acceptors (Lipinski definition) is 3. The number of phenolic OH excluding ortho intramolecular Hbond substituents is 2. The van der Waals surface area contributed by atoms with E-state index < -0.39 is 10.8 Å². The Morgan fingerprint density at radius 3 is 1.06 bits per heavy atom. The molecule has 2 N–H and O–H groups in total. The van der Waals surface area contributed by atoms with Crippen molar-refractivity contribution in [3.05, 3.63) is 203 Å². The summed E-state index contributed by atoms with van der Waals surface area (Å²) < 4.78 is 6.85. The van der Waals surface area contributed by atoms with Crippen LogP contribution in [0.15, 0.2) is 170 Å². The number of fused-ring (bicyclic) bond motifs is 8. The number of ether oxygens (including phenoxy) is 1. The van der Waals surface area contributed by atoms with Gasteiger partial charge >= 0.3 is 0 Å². The van der Waals surface area contributed by atoms with Gasteiger partial charge in [-0.1, -0.05) is 133 Å². The highest BCUT2D eigenvalue weighted by Gasteiger charge is 2.46. The zero-order chi connectivity index (χ0) is 35.6. The first-order valence-corrected chi connectivity index (χ1v) is 18.5. The Morgan fingerprint density at radius 1 is 0.358 bits per heavy atom. The van der Waals surface area contributed by atoms with Crippen LogP contribution >= 0.6 is 0 Å². The van der Waals surface area contributed by atoms with Crippen LogP contribution in [0.5, 0.6) is 11.5 Å². The van der Waals surface area contributed by atoms with Crippen molar-refractivity contribution in [2.45, 2.75) is 23.7 Å². The summed E-state index contributed by atoms with van der Waals surface area (Å²) in [6, 6.07) is 59.9. The van der Waals surface area contributed by atoms with Crippen molar-refractivity contribution in [3.63, 3.8) is 0 Å². The standard InChI is InChI=1S/C50H38O3/c51-39-23-19-33-29-37(21-17-35(33)31-39)49(45-13-5-1-9-41(45)42-10-2-6-14-46(42)49)25-27-53-28-26-50(38-22-18-36-32-40(52)24-20-34(36)30-38)47-15-7-3-11-43(47)44-12-4-8-16-48(44)50/h1-24,29-32,51-52H,25-28H2. The zero-order valence-corrected chi connectivity index (χ0v) is 29.3. The summed E-state index contributed by atoms with van der Waals surface area (Å²) >= 11 is 0. The van der Waals surface area contributed by atoms with Gasteiger partial charge in [-0.3, -0.25) is 0 Å². The van der Waals surface area contributed by atoms with Crippen molar-refractivity contribution >= 4 is 21.5 Å². The fraction of sp³-hybridized carbons (Fsp3) is 0.120. The predicted octanol–water partition coefficient (Wildman–Crippen LogP) is 11.5. The van der Waals surface area contributed by atoms with E-state index in [9.17, 15) is 10.2 Å². The lowest BCUT2D eigenvalue weighted by Crippen LogP contribution is -2.31. The fourth-order valence-corrected chi connectivity index (χ4v) is 9.65. The van der Waals surface area contributed by atoms with Crippen molar-refractivity contribution in [1.29, 1.82) is 0 Å². The maximum Gasteiger partial charge on any atom is 0.116 e. The molecule has 8 aromatic rings. The molecule has 0 saturated heterocycles. The molecule has 0 fully saturated rings. The Kier molecular flexibility index (Phi) is 7.28. The lowest BCUT2D eigenvalue weighted by atomic mass is 9.69. The molecule has 10 rings (SSSR count). The fourth-order valence-electron chi connectivity index (χ4n) is 9.65. The number of aromatic hydroxyl groups is 2. The van der Waals surface area contributed by atoms with Gasteiger partial charge in [-0.2, -0.15) is 0 Å². The zero-order valence-electron chi connectivity index (χ0n) is 29.3. The highest BCUT2D eigenvalue weighted by Crippen LogP contribution is 2.56. The Hall–Kier alpha value is -6.16. The third-order valence-electron chi connectivity index (χ3n) is 12.0. The summed E-state index contributed by atoms with van der Waals surface area (Å²) in [5.74, 6) is 0.552. The summed E-state index contributed by atoms with van der Waals surface area (Å²) in [7, 11) is 0. The van der Waals surface area contributed by atoms with E-state index in [1.54, 1.807) is 12.1 Å². The second-order valence-electron chi connectivity index (χ2n) is 14.6. The number of benzene rings is 8. The molecule has 0 spiro atoms. The highest BCUT2D eigenvalue weighted by molar-refractivity contribution is 5.90. The van der Waals surface area contributed by atoms with Gasteiger partial charge in [-0.15, -0.1) is 0 Å². The van der Waals surface area contributed by atoms with Gasteiger partial charge in [0, 0.05) is 24.0 Å². The summed E-state index contributed by atoms with van der Waals surface area (Å²) in [6.07, 6.45) is 1.56. The molecule has 0 aromatic heterocycles. The summed E-state index contributed by atoms with van der Waals surface area (Å²) in [4.78, 5) is 0. The lowest BCUT2D eigenvalue weighted by molar-refractivity contribution is 0.113. The molecule has 0 amide bonds. The van der Waals surface area contributed by atoms with Gasteiger partial charge in [-0.25, -0.2) is 0 Å². The third-order valence-corrected chi connectivity index (χ3v) is 12.0. The predicted molar refractivity (Wildman–Crippen MR) is 215 cm³/mol. The molecule has 53 heavy (non-hydrogen) atoms. The monoisotopic (exact) mass is 686 g/mol. The van der Waals surface area contributed by atoms with E-state index in [2.05, 4.69) is 133 Å². The van der Waals surface area contributed by atoms with Crippen LogP contribution in [-0.2, 0) is 15.6 Å². The summed E-state index contributed by atoms with van der Waals surface area (Å²) in [5, 5.41) is 24.6. The van der Waals surface area contributed by atoms with E-state index in [0.717, 1.165) is 34.4 Å². The molecule has 8 aromatic carbocycles. The van der Waals surface area contributed by atoms with Crippen LogP contribution in [-0.4, -0.2) is 23.4 Å². The molecule has 0 heterocycles. The van der Waals surface area contributed by atoms with E-state index >= 15 is 0 Å². The average molecular weight is 687 g/mol. The van der Waals surface area contributed by atoms with Crippen molar-refractivity contribution < 1.29 is 14.9 Å².